The fourth-order valence-electron chi connectivity index (χ4n) is 3.57. The van der Waals surface area contributed by atoms with Crippen LogP contribution in [0.2, 0.25) is 0 Å². The third kappa shape index (κ3) is 3.68. The molecule has 4 rings (SSSR count). The third-order valence-electron chi connectivity index (χ3n) is 4.96. The summed E-state index contributed by atoms with van der Waals surface area (Å²) in [5, 5.41) is 3.03. The normalized spacial score (nSPS) is 17.5. The highest BCUT2D eigenvalue weighted by Crippen LogP contribution is 2.24. The summed E-state index contributed by atoms with van der Waals surface area (Å²) in [6.07, 6.45) is 5.97. The van der Waals surface area contributed by atoms with Crippen LogP contribution in [0.25, 0.3) is 11.1 Å². The zero-order valence-corrected chi connectivity index (χ0v) is 14.8. The molecule has 0 spiro atoms. The van der Waals surface area contributed by atoms with Crippen LogP contribution in [-0.4, -0.2) is 29.7 Å². The smallest absolute Gasteiger partial charge is 0.268 e. The summed E-state index contributed by atoms with van der Waals surface area (Å²) in [6, 6.07) is 13.9. The number of carbonyl (C=O) groups excluding carboxylic acids is 1. The second kappa shape index (κ2) is 7.79. The van der Waals surface area contributed by atoms with E-state index in [-0.39, 0.29) is 12.0 Å². The van der Waals surface area contributed by atoms with Gasteiger partial charge in [-0.1, -0.05) is 30.3 Å². The van der Waals surface area contributed by atoms with Crippen molar-refractivity contribution in [3.63, 3.8) is 0 Å². The van der Waals surface area contributed by atoms with Gasteiger partial charge in [-0.05, 0) is 31.2 Å². The summed E-state index contributed by atoms with van der Waals surface area (Å²) in [6.45, 7) is 2.10. The molecule has 1 aliphatic rings. The van der Waals surface area contributed by atoms with E-state index in [9.17, 15) is 4.79 Å². The van der Waals surface area contributed by atoms with Crippen molar-refractivity contribution in [3.05, 3.63) is 60.0 Å². The quantitative estimate of drug-likeness (QED) is 0.735. The number of hydrogen-bond donors (Lipinski definition) is 1. The Balaban J connectivity index is 1.46. The van der Waals surface area contributed by atoms with Crippen molar-refractivity contribution >= 4 is 17.0 Å². The average molecular weight is 352 g/mol. The highest BCUT2D eigenvalue weighted by Gasteiger charge is 2.21. The molecule has 1 aromatic carbocycles. The number of fused-ring (bicyclic) bond motifs is 1. The van der Waals surface area contributed by atoms with E-state index in [2.05, 4.69) is 17.4 Å². The van der Waals surface area contributed by atoms with E-state index >= 15 is 0 Å². The van der Waals surface area contributed by atoms with Gasteiger partial charge < -0.3 is 19.0 Å². The maximum absolute atomic E-state index is 12.8. The Morgan fingerprint density at radius 1 is 1.19 bits per heavy atom. The average Bonchev–Trinajstić information content (AvgIpc) is 3.26. The number of carbonyl (C=O) groups is 1. The number of nitrogens with zero attached hydrogens (tertiary/aromatic N) is 1. The molecule has 1 aliphatic heterocycles. The van der Waals surface area contributed by atoms with Gasteiger partial charge in [0.15, 0.2) is 5.58 Å². The van der Waals surface area contributed by atoms with E-state index in [0.29, 0.717) is 18.8 Å². The van der Waals surface area contributed by atoms with Gasteiger partial charge in [-0.2, -0.15) is 0 Å². The third-order valence-corrected chi connectivity index (χ3v) is 4.96. The van der Waals surface area contributed by atoms with Gasteiger partial charge in [-0.25, -0.2) is 0 Å². The Morgan fingerprint density at radius 2 is 2.08 bits per heavy atom. The summed E-state index contributed by atoms with van der Waals surface area (Å²) in [4.78, 5) is 12.8. The van der Waals surface area contributed by atoms with Crippen LogP contribution < -0.4 is 5.32 Å². The van der Waals surface area contributed by atoms with Crippen molar-refractivity contribution in [1.82, 2.24) is 9.88 Å². The number of nitrogens with one attached hydrogen (secondary N) is 1. The predicted molar refractivity (Wildman–Crippen MR) is 100 cm³/mol. The molecule has 1 N–H and O–H groups in total. The Labute approximate surface area is 152 Å². The van der Waals surface area contributed by atoms with Gasteiger partial charge in [0.05, 0.1) is 17.9 Å². The highest BCUT2D eigenvalue weighted by molar-refractivity contribution is 5.97. The van der Waals surface area contributed by atoms with Crippen LogP contribution in [0.1, 0.15) is 35.3 Å². The number of furan rings is 1. The lowest BCUT2D eigenvalue weighted by Crippen LogP contribution is -2.30. The van der Waals surface area contributed by atoms with Gasteiger partial charge in [-0.15, -0.1) is 0 Å². The minimum Gasteiger partial charge on any atom is -0.463 e. The van der Waals surface area contributed by atoms with Crippen molar-refractivity contribution in [2.24, 2.45) is 0 Å². The number of benzene rings is 1. The first-order valence-electron chi connectivity index (χ1n) is 9.32. The van der Waals surface area contributed by atoms with Crippen molar-refractivity contribution in [1.29, 1.82) is 0 Å². The van der Waals surface area contributed by atoms with Crippen molar-refractivity contribution < 1.29 is 13.9 Å². The fourth-order valence-corrected chi connectivity index (χ4v) is 3.57. The number of ether oxygens (including phenoxy) is 1. The first kappa shape index (κ1) is 16.9. The Morgan fingerprint density at radius 3 is 2.88 bits per heavy atom. The molecule has 5 heteroatoms. The molecule has 2 aromatic heterocycles. The monoisotopic (exact) mass is 352 g/mol. The van der Waals surface area contributed by atoms with Crippen LogP contribution >= 0.6 is 0 Å². The summed E-state index contributed by atoms with van der Waals surface area (Å²) in [5.74, 6) is -0.0665. The molecule has 26 heavy (non-hydrogen) atoms. The van der Waals surface area contributed by atoms with Crippen LogP contribution in [0.5, 0.6) is 0 Å². The number of aromatic nitrogens is 1. The minimum atomic E-state index is -0.0665. The van der Waals surface area contributed by atoms with Crippen LogP contribution in [0.3, 0.4) is 0 Å². The summed E-state index contributed by atoms with van der Waals surface area (Å²) in [7, 11) is 0. The van der Waals surface area contributed by atoms with Gasteiger partial charge in [0.2, 0.25) is 0 Å². The standard InChI is InChI=1S/C21H24N2O3/c24-21(22-11-9-16-6-2-1-3-7-16)19-14-20-18(10-13-26-20)23(19)15-17-8-4-5-12-25-17/h1-3,6-7,10,13-14,17H,4-5,8-9,11-12,15H2,(H,22,24). The molecule has 3 aromatic rings. The minimum absolute atomic E-state index is 0.0665. The second-order valence-electron chi connectivity index (χ2n) is 6.79. The molecule has 3 heterocycles. The van der Waals surface area contributed by atoms with E-state index < -0.39 is 0 Å². The first-order valence-corrected chi connectivity index (χ1v) is 9.32. The van der Waals surface area contributed by atoms with E-state index in [1.807, 2.05) is 34.9 Å². The second-order valence-corrected chi connectivity index (χ2v) is 6.79. The molecule has 5 nitrogen and oxygen atoms in total. The van der Waals surface area contributed by atoms with Crippen molar-refractivity contribution in [3.8, 4) is 0 Å². The highest BCUT2D eigenvalue weighted by atomic mass is 16.5. The summed E-state index contributed by atoms with van der Waals surface area (Å²) < 4.78 is 13.4. The molecule has 1 fully saturated rings. The molecule has 1 unspecified atom stereocenters. The Kier molecular flexibility index (Phi) is 5.07. The number of hydrogen-bond acceptors (Lipinski definition) is 3. The maximum Gasteiger partial charge on any atom is 0.268 e. The fraction of sp³-hybridized carbons (Fsp3) is 0.381. The van der Waals surface area contributed by atoms with E-state index in [1.165, 1.54) is 12.0 Å². The molecule has 0 radical (unpaired) electrons. The molecule has 1 saturated heterocycles. The van der Waals surface area contributed by atoms with Gasteiger partial charge >= 0.3 is 0 Å². The van der Waals surface area contributed by atoms with E-state index in [4.69, 9.17) is 9.15 Å². The van der Waals surface area contributed by atoms with Gasteiger partial charge in [-0.3, -0.25) is 4.79 Å². The first-order chi connectivity index (χ1) is 12.8. The molecule has 1 atom stereocenters. The predicted octanol–water partition coefficient (Wildman–Crippen LogP) is 3.78. The molecule has 1 amide bonds. The number of amides is 1. The zero-order chi connectivity index (χ0) is 17.8. The zero-order valence-electron chi connectivity index (χ0n) is 14.8. The molecule has 0 aliphatic carbocycles. The topological polar surface area (TPSA) is 56.4 Å². The maximum atomic E-state index is 12.8. The molecule has 136 valence electrons. The van der Waals surface area contributed by atoms with Gasteiger partial charge in [0.1, 0.15) is 5.69 Å². The summed E-state index contributed by atoms with van der Waals surface area (Å²) in [5.41, 5.74) is 3.55. The van der Waals surface area contributed by atoms with Crippen LogP contribution in [0.15, 0.2) is 53.1 Å². The SMILES string of the molecule is O=C(NCCc1ccccc1)c1cc2occc2n1CC1CCCCO1. The number of rotatable bonds is 6. The lowest BCUT2D eigenvalue weighted by Gasteiger charge is -2.24. The molecular formula is C21H24N2O3. The summed E-state index contributed by atoms with van der Waals surface area (Å²) >= 11 is 0. The van der Waals surface area contributed by atoms with E-state index in [1.54, 1.807) is 6.26 Å². The van der Waals surface area contributed by atoms with Gasteiger partial charge in [0.25, 0.3) is 5.91 Å². The molecule has 0 saturated carbocycles. The van der Waals surface area contributed by atoms with Crippen LogP contribution in [0.4, 0.5) is 0 Å². The Hall–Kier alpha value is -2.53. The molecular weight excluding hydrogens is 328 g/mol. The Bertz CT molecular complexity index is 860. The largest absolute Gasteiger partial charge is 0.463 e. The van der Waals surface area contributed by atoms with Crippen molar-refractivity contribution in [2.45, 2.75) is 38.3 Å². The lowest BCUT2D eigenvalue weighted by molar-refractivity contribution is 0.00638. The van der Waals surface area contributed by atoms with Crippen LogP contribution in [-0.2, 0) is 17.7 Å². The van der Waals surface area contributed by atoms with Gasteiger partial charge in [0, 0.05) is 31.8 Å². The molecule has 0 bridgehead atoms. The van der Waals surface area contributed by atoms with Crippen LogP contribution in [0, 0.1) is 0 Å². The van der Waals surface area contributed by atoms with E-state index in [0.717, 1.165) is 37.0 Å². The van der Waals surface area contributed by atoms with Crippen molar-refractivity contribution in [2.75, 3.05) is 13.2 Å². The lowest BCUT2D eigenvalue weighted by atomic mass is 10.1.